The van der Waals surface area contributed by atoms with E-state index in [0.717, 1.165) is 56.0 Å². The molecule has 0 N–H and O–H groups in total. The van der Waals surface area contributed by atoms with Gasteiger partial charge >= 0.3 is 0 Å². The number of nitrogens with zero attached hydrogens (tertiary/aromatic N) is 5. The van der Waals surface area contributed by atoms with Gasteiger partial charge in [-0.3, -0.25) is 4.90 Å². The Morgan fingerprint density at radius 2 is 1.69 bits per heavy atom. The van der Waals surface area contributed by atoms with E-state index in [1.807, 2.05) is 42.6 Å². The van der Waals surface area contributed by atoms with E-state index >= 15 is 0 Å². The van der Waals surface area contributed by atoms with Crippen LogP contribution in [0.1, 0.15) is 6.42 Å². The van der Waals surface area contributed by atoms with Crippen LogP contribution in [0.25, 0.3) is 11.0 Å². The van der Waals surface area contributed by atoms with Gasteiger partial charge < -0.3 is 9.64 Å². The molecule has 0 unspecified atom stereocenters. The molecule has 3 heterocycles. The highest BCUT2D eigenvalue weighted by molar-refractivity contribution is 5.73. The van der Waals surface area contributed by atoms with E-state index in [-0.39, 0.29) is 0 Å². The summed E-state index contributed by atoms with van der Waals surface area (Å²) in [5.41, 5.74) is 1.77. The summed E-state index contributed by atoms with van der Waals surface area (Å²) in [6.07, 6.45) is 4.54. The lowest BCUT2D eigenvalue weighted by atomic mass is 10.3. The lowest BCUT2D eigenvalue weighted by Crippen LogP contribution is -2.47. The van der Waals surface area contributed by atoms with Crippen molar-refractivity contribution in [1.29, 1.82) is 0 Å². The first kappa shape index (κ1) is 16.7. The first-order valence-electron chi connectivity index (χ1n) is 9.11. The largest absolute Gasteiger partial charge is 0.477 e. The lowest BCUT2D eigenvalue weighted by molar-refractivity contribution is 0.221. The maximum absolute atomic E-state index is 5.77. The van der Waals surface area contributed by atoms with Crippen LogP contribution in [-0.4, -0.2) is 59.2 Å². The molecular weight excluding hydrogens is 326 g/mol. The second-order valence-electron chi connectivity index (χ2n) is 6.42. The summed E-state index contributed by atoms with van der Waals surface area (Å²) in [5, 5.41) is 0. The minimum atomic E-state index is 0.601. The van der Waals surface area contributed by atoms with Crippen molar-refractivity contribution < 1.29 is 4.74 Å². The quantitative estimate of drug-likeness (QED) is 0.638. The predicted molar refractivity (Wildman–Crippen MR) is 103 cm³/mol. The van der Waals surface area contributed by atoms with Crippen molar-refractivity contribution in [3.8, 4) is 5.88 Å². The van der Waals surface area contributed by atoms with Gasteiger partial charge in [0.15, 0.2) is 0 Å². The number of hydrogen-bond donors (Lipinski definition) is 0. The highest BCUT2D eigenvalue weighted by Gasteiger charge is 2.17. The van der Waals surface area contributed by atoms with Gasteiger partial charge in [-0.1, -0.05) is 18.2 Å². The number of fused-ring (bicyclic) bond motifs is 1. The smallest absolute Gasteiger partial charge is 0.232 e. The molecule has 1 aromatic carbocycles. The fourth-order valence-electron chi connectivity index (χ4n) is 3.22. The van der Waals surface area contributed by atoms with Crippen LogP contribution in [0.4, 0.5) is 5.82 Å². The van der Waals surface area contributed by atoms with Crippen LogP contribution in [0, 0.1) is 0 Å². The van der Waals surface area contributed by atoms with Crippen LogP contribution in [0.3, 0.4) is 0 Å². The summed E-state index contributed by atoms with van der Waals surface area (Å²) in [5.74, 6) is 1.68. The molecule has 2 aromatic heterocycles. The van der Waals surface area contributed by atoms with Gasteiger partial charge in [-0.25, -0.2) is 15.0 Å². The molecule has 3 aromatic rings. The maximum atomic E-state index is 5.77. The van der Waals surface area contributed by atoms with Crippen molar-refractivity contribution in [2.24, 2.45) is 0 Å². The molecule has 6 nitrogen and oxygen atoms in total. The van der Waals surface area contributed by atoms with E-state index in [2.05, 4.69) is 30.8 Å². The molecule has 134 valence electrons. The molecule has 1 aliphatic heterocycles. The first-order valence-corrected chi connectivity index (χ1v) is 9.11. The predicted octanol–water partition coefficient (Wildman–Crippen LogP) is 2.62. The Bertz CT molecular complexity index is 834. The maximum Gasteiger partial charge on any atom is 0.232 e. The fraction of sp³-hybridized carbons (Fsp3) is 0.350. The van der Waals surface area contributed by atoms with Crippen LogP contribution < -0.4 is 9.64 Å². The van der Waals surface area contributed by atoms with E-state index in [1.165, 1.54) is 0 Å². The molecule has 0 saturated carbocycles. The third-order valence-corrected chi connectivity index (χ3v) is 4.64. The van der Waals surface area contributed by atoms with Gasteiger partial charge in [-0.05, 0) is 30.7 Å². The number of aromatic nitrogens is 3. The van der Waals surface area contributed by atoms with Gasteiger partial charge in [0.2, 0.25) is 5.88 Å². The third kappa shape index (κ3) is 4.08. The molecule has 1 fully saturated rings. The minimum Gasteiger partial charge on any atom is -0.477 e. The molecule has 6 heteroatoms. The molecule has 1 aliphatic rings. The number of piperazine rings is 1. The summed E-state index contributed by atoms with van der Waals surface area (Å²) in [6.45, 7) is 5.87. The Morgan fingerprint density at radius 3 is 2.50 bits per heavy atom. The summed E-state index contributed by atoms with van der Waals surface area (Å²) < 4.78 is 5.77. The second kappa shape index (κ2) is 8.10. The number of rotatable bonds is 6. The van der Waals surface area contributed by atoms with E-state index < -0.39 is 0 Å². The van der Waals surface area contributed by atoms with Crippen molar-refractivity contribution >= 4 is 16.9 Å². The van der Waals surface area contributed by atoms with Gasteiger partial charge in [0, 0.05) is 38.9 Å². The summed E-state index contributed by atoms with van der Waals surface area (Å²) >= 11 is 0. The van der Waals surface area contributed by atoms with Crippen LogP contribution in [0.15, 0.2) is 54.9 Å². The lowest BCUT2D eigenvalue weighted by Gasteiger charge is -2.35. The average Bonchev–Trinajstić information content (AvgIpc) is 2.72. The standard InChI is InChI=1S/C20H23N5O/c1-2-7-18-17(6-1)22-16-20(23-18)26-15-5-10-24-11-13-25(14-12-24)19-8-3-4-9-21-19/h1-4,6-9,16H,5,10-15H2. The van der Waals surface area contributed by atoms with E-state index in [0.29, 0.717) is 12.5 Å². The van der Waals surface area contributed by atoms with Crippen LogP contribution >= 0.6 is 0 Å². The second-order valence-corrected chi connectivity index (χ2v) is 6.42. The third-order valence-electron chi connectivity index (χ3n) is 4.64. The van der Waals surface area contributed by atoms with Crippen molar-refractivity contribution in [2.45, 2.75) is 6.42 Å². The molecular formula is C20H23N5O. The highest BCUT2D eigenvalue weighted by atomic mass is 16.5. The van der Waals surface area contributed by atoms with Gasteiger partial charge in [0.1, 0.15) is 5.82 Å². The number of anilines is 1. The Kier molecular flexibility index (Phi) is 5.21. The average molecular weight is 349 g/mol. The van der Waals surface area contributed by atoms with Gasteiger partial charge in [-0.2, -0.15) is 0 Å². The highest BCUT2D eigenvalue weighted by Crippen LogP contribution is 2.14. The normalized spacial score (nSPS) is 15.3. The molecule has 0 radical (unpaired) electrons. The number of ether oxygens (including phenoxy) is 1. The number of benzene rings is 1. The molecule has 0 amide bonds. The molecule has 0 aliphatic carbocycles. The molecule has 0 atom stereocenters. The zero-order valence-electron chi connectivity index (χ0n) is 14.8. The molecule has 4 rings (SSSR count). The fourth-order valence-corrected chi connectivity index (χ4v) is 3.22. The first-order chi connectivity index (χ1) is 12.9. The Hall–Kier alpha value is -2.73. The molecule has 26 heavy (non-hydrogen) atoms. The SMILES string of the molecule is c1ccc(N2CCN(CCCOc3cnc4ccccc4n3)CC2)nc1. The van der Waals surface area contributed by atoms with Crippen molar-refractivity contribution in [1.82, 2.24) is 19.9 Å². The zero-order chi connectivity index (χ0) is 17.6. The van der Waals surface area contributed by atoms with Crippen molar-refractivity contribution in [2.75, 3.05) is 44.2 Å². The summed E-state index contributed by atoms with van der Waals surface area (Å²) in [6, 6.07) is 13.9. The van der Waals surface area contributed by atoms with E-state index in [9.17, 15) is 0 Å². The summed E-state index contributed by atoms with van der Waals surface area (Å²) in [7, 11) is 0. The molecule has 0 spiro atoms. The Labute approximate surface area is 153 Å². The number of pyridine rings is 1. The Morgan fingerprint density at radius 1 is 0.885 bits per heavy atom. The number of para-hydroxylation sites is 2. The molecule has 0 bridgehead atoms. The van der Waals surface area contributed by atoms with Gasteiger partial charge in [-0.15, -0.1) is 0 Å². The van der Waals surface area contributed by atoms with E-state index in [4.69, 9.17) is 4.74 Å². The molecule has 1 saturated heterocycles. The van der Waals surface area contributed by atoms with Crippen LogP contribution in [0.5, 0.6) is 5.88 Å². The monoisotopic (exact) mass is 349 g/mol. The van der Waals surface area contributed by atoms with Gasteiger partial charge in [0.25, 0.3) is 0 Å². The minimum absolute atomic E-state index is 0.601. The topological polar surface area (TPSA) is 54.4 Å². The van der Waals surface area contributed by atoms with Crippen LogP contribution in [-0.2, 0) is 0 Å². The van der Waals surface area contributed by atoms with Crippen molar-refractivity contribution in [3.63, 3.8) is 0 Å². The summed E-state index contributed by atoms with van der Waals surface area (Å²) in [4.78, 5) is 18.1. The Balaban J connectivity index is 1.19. The zero-order valence-corrected chi connectivity index (χ0v) is 14.8. The van der Waals surface area contributed by atoms with Crippen molar-refractivity contribution in [3.05, 3.63) is 54.9 Å². The van der Waals surface area contributed by atoms with Gasteiger partial charge in [0.05, 0.1) is 23.8 Å². The number of hydrogen-bond acceptors (Lipinski definition) is 6. The van der Waals surface area contributed by atoms with Crippen LogP contribution in [0.2, 0.25) is 0 Å². The van der Waals surface area contributed by atoms with E-state index in [1.54, 1.807) is 6.20 Å².